The Kier molecular flexibility index (Phi) is 17.6. The molecular formula is C25H36F6O2. The van der Waals surface area contributed by atoms with E-state index in [2.05, 4.69) is 35.3 Å². The topological polar surface area (TPSA) is 26.3 Å². The number of carbonyl (C=O) groups excluding carboxylic acids is 1. The number of hydrogen-bond donors (Lipinski definition) is 0. The van der Waals surface area contributed by atoms with Gasteiger partial charge < -0.3 is 4.74 Å². The Hall–Kier alpha value is -1.83. The van der Waals surface area contributed by atoms with Crippen molar-refractivity contribution >= 4 is 5.97 Å². The van der Waals surface area contributed by atoms with Crippen molar-refractivity contribution in [1.82, 2.24) is 0 Å². The van der Waals surface area contributed by atoms with Gasteiger partial charge in [0.15, 0.2) is 0 Å². The first-order chi connectivity index (χ1) is 15.6. The van der Waals surface area contributed by atoms with Gasteiger partial charge in [0.25, 0.3) is 6.10 Å². The largest absolute Gasteiger partial charge is 0.443 e. The molecule has 8 heteroatoms. The molecule has 0 aliphatic heterocycles. The third-order valence-electron chi connectivity index (χ3n) is 4.92. The Morgan fingerprint density at radius 1 is 0.667 bits per heavy atom. The van der Waals surface area contributed by atoms with E-state index >= 15 is 0 Å². The van der Waals surface area contributed by atoms with Crippen LogP contribution in [0.1, 0.15) is 110 Å². The minimum atomic E-state index is -5.67. The average molecular weight is 483 g/mol. The molecule has 0 heterocycles. The number of halogens is 6. The third kappa shape index (κ3) is 19.4. The molecule has 0 aromatic rings. The maximum atomic E-state index is 12.3. The standard InChI is InChI=1S/C25H36F6O2/c1-2-3-4-5-6-7-8-9-10-11-12-13-14-15-16-17-18-19-20-21-22(32)33-23(24(26,27)28)25(29,30)31/h23H,2-9,14-21H2,1H3. The molecule has 0 bridgehead atoms. The van der Waals surface area contributed by atoms with Gasteiger partial charge >= 0.3 is 18.3 Å². The van der Waals surface area contributed by atoms with E-state index in [1.165, 1.54) is 38.5 Å². The van der Waals surface area contributed by atoms with Crippen LogP contribution in [0, 0.1) is 23.7 Å². The van der Waals surface area contributed by atoms with Crippen LogP contribution in [0.4, 0.5) is 26.3 Å². The molecule has 0 atom stereocenters. The smallest absolute Gasteiger partial charge is 0.434 e. The highest BCUT2D eigenvalue weighted by atomic mass is 19.4. The number of unbranched alkanes of at least 4 members (excludes halogenated alkanes) is 13. The molecule has 0 amide bonds. The van der Waals surface area contributed by atoms with Crippen molar-refractivity contribution in [1.29, 1.82) is 0 Å². The summed E-state index contributed by atoms with van der Waals surface area (Å²) in [4.78, 5) is 11.3. The van der Waals surface area contributed by atoms with E-state index in [9.17, 15) is 31.1 Å². The van der Waals surface area contributed by atoms with Gasteiger partial charge in [0, 0.05) is 19.3 Å². The van der Waals surface area contributed by atoms with Crippen LogP contribution in [-0.2, 0) is 9.53 Å². The second-order valence-corrected chi connectivity index (χ2v) is 8.05. The van der Waals surface area contributed by atoms with Gasteiger partial charge in [-0.05, 0) is 31.1 Å². The average Bonchev–Trinajstić information content (AvgIpc) is 2.72. The van der Waals surface area contributed by atoms with Crippen molar-refractivity contribution in [3.8, 4) is 23.7 Å². The van der Waals surface area contributed by atoms with Crippen molar-refractivity contribution in [3.05, 3.63) is 0 Å². The van der Waals surface area contributed by atoms with Crippen molar-refractivity contribution in [2.45, 2.75) is 128 Å². The third-order valence-corrected chi connectivity index (χ3v) is 4.92. The lowest BCUT2D eigenvalue weighted by atomic mass is 10.1. The van der Waals surface area contributed by atoms with E-state index in [1.807, 2.05) is 0 Å². The summed E-state index contributed by atoms with van der Waals surface area (Å²) in [6, 6.07) is 0. The van der Waals surface area contributed by atoms with E-state index in [-0.39, 0.29) is 6.42 Å². The molecule has 0 aliphatic rings. The summed E-state index contributed by atoms with van der Waals surface area (Å²) in [6.45, 7) is 2.21. The Morgan fingerprint density at radius 3 is 1.48 bits per heavy atom. The predicted octanol–water partition coefficient (Wildman–Crippen LogP) is 8.29. The lowest BCUT2D eigenvalue weighted by Gasteiger charge is -2.22. The molecule has 2 nitrogen and oxygen atoms in total. The van der Waals surface area contributed by atoms with E-state index in [1.54, 1.807) is 0 Å². The number of esters is 1. The minimum Gasteiger partial charge on any atom is -0.443 e. The molecule has 33 heavy (non-hydrogen) atoms. The Morgan fingerprint density at radius 2 is 1.06 bits per heavy atom. The van der Waals surface area contributed by atoms with Crippen LogP contribution < -0.4 is 0 Å². The molecule has 0 N–H and O–H groups in total. The van der Waals surface area contributed by atoms with Gasteiger partial charge in [0.1, 0.15) is 0 Å². The summed E-state index contributed by atoms with van der Waals surface area (Å²) < 4.78 is 77.6. The highest BCUT2D eigenvalue weighted by molar-refractivity contribution is 5.69. The fourth-order valence-corrected chi connectivity index (χ4v) is 3.08. The van der Waals surface area contributed by atoms with Gasteiger partial charge in [-0.25, -0.2) is 0 Å². The molecule has 0 rings (SSSR count). The van der Waals surface area contributed by atoms with E-state index in [0.717, 1.165) is 44.9 Å². The van der Waals surface area contributed by atoms with Gasteiger partial charge in [0.2, 0.25) is 0 Å². The maximum Gasteiger partial charge on any atom is 0.434 e. The van der Waals surface area contributed by atoms with E-state index in [4.69, 9.17) is 0 Å². The van der Waals surface area contributed by atoms with Crippen LogP contribution in [0.15, 0.2) is 0 Å². The molecule has 0 saturated heterocycles. The summed E-state index contributed by atoms with van der Waals surface area (Å²) in [5.41, 5.74) is 0. The zero-order chi connectivity index (χ0) is 25.0. The quantitative estimate of drug-likeness (QED) is 0.0957. The first kappa shape index (κ1) is 31.2. The van der Waals surface area contributed by atoms with Crippen LogP contribution >= 0.6 is 0 Å². The van der Waals surface area contributed by atoms with Crippen molar-refractivity contribution in [2.75, 3.05) is 0 Å². The van der Waals surface area contributed by atoms with E-state index in [0.29, 0.717) is 6.42 Å². The highest BCUT2D eigenvalue weighted by Crippen LogP contribution is 2.36. The van der Waals surface area contributed by atoms with Gasteiger partial charge in [0.05, 0.1) is 0 Å². The molecule has 0 aromatic carbocycles. The number of carbonyl (C=O) groups is 1. The molecule has 0 unspecified atom stereocenters. The minimum absolute atomic E-state index is 0.190. The maximum absolute atomic E-state index is 12.3. The van der Waals surface area contributed by atoms with Crippen molar-refractivity contribution < 1.29 is 35.9 Å². The summed E-state index contributed by atoms with van der Waals surface area (Å²) >= 11 is 0. The lowest BCUT2D eigenvalue weighted by molar-refractivity contribution is -0.313. The van der Waals surface area contributed by atoms with Crippen LogP contribution in [0.25, 0.3) is 0 Å². The summed E-state index contributed by atoms with van der Waals surface area (Å²) in [6.07, 6.45) is -1.34. The fraction of sp³-hybridized carbons (Fsp3) is 0.800. The van der Waals surface area contributed by atoms with Gasteiger partial charge in [-0.1, -0.05) is 83.0 Å². The lowest BCUT2D eigenvalue weighted by Crippen LogP contribution is -2.45. The first-order valence-electron chi connectivity index (χ1n) is 11.9. The number of ether oxygens (including phenoxy) is 1. The molecule has 0 aliphatic carbocycles. The van der Waals surface area contributed by atoms with Gasteiger partial charge in [-0.15, -0.1) is 0 Å². The monoisotopic (exact) mass is 482 g/mol. The molecule has 0 fully saturated rings. The fourth-order valence-electron chi connectivity index (χ4n) is 3.08. The van der Waals surface area contributed by atoms with Gasteiger partial charge in [-0.2, -0.15) is 26.3 Å². The Balaban J connectivity index is 3.67. The summed E-state index contributed by atoms with van der Waals surface area (Å²) in [7, 11) is 0. The van der Waals surface area contributed by atoms with Crippen LogP contribution in [-0.4, -0.2) is 24.4 Å². The summed E-state index contributed by atoms with van der Waals surface area (Å²) in [5.74, 6) is 10.3. The SMILES string of the molecule is CCCCCCCCCC#CC#CCCCCCCCCC(=O)OC(C(F)(F)F)C(F)(F)F. The first-order valence-corrected chi connectivity index (χ1v) is 11.9. The van der Waals surface area contributed by atoms with Crippen LogP contribution in [0.3, 0.4) is 0 Å². The number of rotatable bonds is 16. The van der Waals surface area contributed by atoms with Crippen LogP contribution in [0.5, 0.6) is 0 Å². The molecule has 0 radical (unpaired) electrons. The second-order valence-electron chi connectivity index (χ2n) is 8.05. The molecule has 0 spiro atoms. The second kappa shape index (κ2) is 18.6. The Labute approximate surface area is 194 Å². The molecule has 0 saturated carbocycles. The zero-order valence-corrected chi connectivity index (χ0v) is 19.5. The molecule has 190 valence electrons. The predicted molar refractivity (Wildman–Crippen MR) is 117 cm³/mol. The van der Waals surface area contributed by atoms with Crippen molar-refractivity contribution in [2.24, 2.45) is 0 Å². The summed E-state index contributed by atoms with van der Waals surface area (Å²) in [5, 5.41) is 0. The zero-order valence-electron chi connectivity index (χ0n) is 19.5. The molecular weight excluding hydrogens is 446 g/mol. The Bertz CT molecular complexity index is 618. The number of alkyl halides is 6. The number of hydrogen-bond acceptors (Lipinski definition) is 2. The van der Waals surface area contributed by atoms with Gasteiger partial charge in [-0.3, -0.25) is 4.79 Å². The van der Waals surface area contributed by atoms with Crippen molar-refractivity contribution in [3.63, 3.8) is 0 Å². The normalized spacial score (nSPS) is 11.5. The van der Waals surface area contributed by atoms with Crippen LogP contribution in [0.2, 0.25) is 0 Å². The van der Waals surface area contributed by atoms with E-state index < -0.39 is 30.8 Å². The molecule has 0 aromatic heterocycles. The highest BCUT2D eigenvalue weighted by Gasteiger charge is 2.59.